The molecule has 0 heterocycles. The van der Waals surface area contributed by atoms with Gasteiger partial charge in [-0.05, 0) is 55.5 Å². The largest absolute Gasteiger partial charge is 0.504 e. The molecule has 0 atom stereocenters. The molecule has 0 unspecified atom stereocenters. The van der Waals surface area contributed by atoms with Crippen molar-refractivity contribution in [1.29, 1.82) is 0 Å². The molecule has 0 aliphatic rings. The minimum absolute atomic E-state index is 0.00600. The van der Waals surface area contributed by atoms with Crippen molar-refractivity contribution in [3.05, 3.63) is 77.9 Å². The number of phenolic OH excluding ortho intramolecular Hbond substituents is 1. The quantitative estimate of drug-likeness (QED) is 0.357. The van der Waals surface area contributed by atoms with Crippen molar-refractivity contribution < 1.29 is 27.8 Å². The van der Waals surface area contributed by atoms with Crippen LogP contribution in [0.25, 0.3) is 0 Å². The van der Waals surface area contributed by atoms with Gasteiger partial charge in [0.1, 0.15) is 12.3 Å². The molecule has 9 nitrogen and oxygen atoms in total. The smallest absolute Gasteiger partial charge is 0.264 e. The van der Waals surface area contributed by atoms with Crippen molar-refractivity contribution in [2.75, 3.05) is 25.1 Å². The number of amides is 1. The number of carbonyl (C=O) groups excluding carboxylic acids is 1. The van der Waals surface area contributed by atoms with Gasteiger partial charge in [-0.15, -0.1) is 0 Å². The fourth-order valence-electron chi connectivity index (χ4n) is 3.05. The zero-order valence-corrected chi connectivity index (χ0v) is 19.7. The predicted octanol–water partition coefficient (Wildman–Crippen LogP) is 3.06. The minimum atomic E-state index is -4.07. The first kappa shape index (κ1) is 24.6. The topological polar surface area (TPSA) is 118 Å². The van der Waals surface area contributed by atoms with Gasteiger partial charge in [-0.1, -0.05) is 23.8 Å². The molecule has 3 rings (SSSR count). The van der Waals surface area contributed by atoms with Crippen LogP contribution in [0.3, 0.4) is 0 Å². The molecular formula is C24H25N3O6S. The van der Waals surface area contributed by atoms with Crippen LogP contribution in [-0.2, 0) is 14.8 Å². The summed E-state index contributed by atoms with van der Waals surface area (Å²) in [6.45, 7) is 1.36. The van der Waals surface area contributed by atoms with Crippen LogP contribution in [0.15, 0.2) is 76.7 Å². The summed E-state index contributed by atoms with van der Waals surface area (Å²) in [5.74, 6) is -0.0391. The zero-order chi connectivity index (χ0) is 24.7. The van der Waals surface area contributed by atoms with E-state index in [1.165, 1.54) is 44.7 Å². The summed E-state index contributed by atoms with van der Waals surface area (Å²) in [6, 6.07) is 17.5. The van der Waals surface area contributed by atoms with E-state index in [4.69, 9.17) is 9.47 Å². The van der Waals surface area contributed by atoms with Crippen LogP contribution >= 0.6 is 0 Å². The van der Waals surface area contributed by atoms with Crippen molar-refractivity contribution in [2.45, 2.75) is 11.8 Å². The highest BCUT2D eigenvalue weighted by molar-refractivity contribution is 7.92. The van der Waals surface area contributed by atoms with E-state index in [9.17, 15) is 18.3 Å². The molecule has 3 aromatic carbocycles. The average molecular weight is 484 g/mol. The van der Waals surface area contributed by atoms with Gasteiger partial charge in [0, 0.05) is 5.56 Å². The lowest BCUT2D eigenvalue weighted by Gasteiger charge is -2.24. The van der Waals surface area contributed by atoms with Crippen molar-refractivity contribution in [3.8, 4) is 17.2 Å². The lowest BCUT2D eigenvalue weighted by Crippen LogP contribution is -2.39. The third-order valence-electron chi connectivity index (χ3n) is 4.90. The number of phenols is 1. The van der Waals surface area contributed by atoms with E-state index < -0.39 is 22.5 Å². The van der Waals surface area contributed by atoms with Gasteiger partial charge >= 0.3 is 0 Å². The Balaban J connectivity index is 1.84. The number of hydrogen-bond acceptors (Lipinski definition) is 7. The number of carbonyl (C=O) groups is 1. The summed E-state index contributed by atoms with van der Waals surface area (Å²) in [4.78, 5) is 12.6. The number of hydrazone groups is 1. The molecule has 1 amide bonds. The molecule has 0 aromatic heterocycles. The summed E-state index contributed by atoms with van der Waals surface area (Å²) >= 11 is 0. The predicted molar refractivity (Wildman–Crippen MR) is 129 cm³/mol. The van der Waals surface area contributed by atoms with Crippen molar-refractivity contribution >= 4 is 27.8 Å². The highest BCUT2D eigenvalue weighted by atomic mass is 32.2. The first-order valence-corrected chi connectivity index (χ1v) is 11.6. The zero-order valence-electron chi connectivity index (χ0n) is 18.9. The number of aromatic hydroxyl groups is 1. The van der Waals surface area contributed by atoms with E-state index in [1.54, 1.807) is 42.5 Å². The molecule has 0 fully saturated rings. The summed E-state index contributed by atoms with van der Waals surface area (Å²) < 4.78 is 37.9. The molecule has 0 bridgehead atoms. The standard InChI is InChI=1S/C24H25N3O6S/c1-17-7-9-19(10-8-17)27(34(30,31)21-13-11-20(32-2)12-14-21)16-23(28)26-25-15-18-5-4-6-22(33-3)24(18)29/h4-15,29H,16H2,1-3H3,(H,26,28)/b25-15-. The van der Waals surface area contributed by atoms with Crippen LogP contribution in [0.4, 0.5) is 5.69 Å². The molecule has 10 heteroatoms. The van der Waals surface area contributed by atoms with Crippen LogP contribution < -0.4 is 19.2 Å². The Bertz CT molecular complexity index is 1270. The number of nitrogens with one attached hydrogen (secondary N) is 1. The van der Waals surface area contributed by atoms with E-state index in [-0.39, 0.29) is 16.4 Å². The number of sulfonamides is 1. The van der Waals surface area contributed by atoms with Crippen molar-refractivity contribution in [3.63, 3.8) is 0 Å². The molecule has 0 aliphatic heterocycles. The molecular weight excluding hydrogens is 458 g/mol. The number of aryl methyl sites for hydroxylation is 1. The summed E-state index contributed by atoms with van der Waals surface area (Å²) in [5, 5.41) is 14.0. The normalized spacial score (nSPS) is 11.3. The molecule has 34 heavy (non-hydrogen) atoms. The van der Waals surface area contributed by atoms with E-state index in [0.29, 0.717) is 17.0 Å². The Morgan fingerprint density at radius 3 is 2.32 bits per heavy atom. The Morgan fingerprint density at radius 1 is 1.03 bits per heavy atom. The fraction of sp³-hybridized carbons (Fsp3) is 0.167. The van der Waals surface area contributed by atoms with Gasteiger partial charge < -0.3 is 14.6 Å². The van der Waals surface area contributed by atoms with E-state index >= 15 is 0 Å². The number of ether oxygens (including phenoxy) is 2. The number of benzene rings is 3. The summed E-state index contributed by atoms with van der Waals surface area (Å²) in [6.07, 6.45) is 1.24. The monoisotopic (exact) mass is 483 g/mol. The molecule has 3 aromatic rings. The second kappa shape index (κ2) is 10.7. The molecule has 0 saturated heterocycles. The summed E-state index contributed by atoms with van der Waals surface area (Å²) in [5.41, 5.74) is 3.89. The van der Waals surface area contributed by atoms with E-state index in [0.717, 1.165) is 9.87 Å². The molecule has 0 aliphatic carbocycles. The number of nitrogens with zero attached hydrogens (tertiary/aromatic N) is 2. The molecule has 2 N–H and O–H groups in total. The van der Waals surface area contributed by atoms with Crippen molar-refractivity contribution in [2.24, 2.45) is 5.10 Å². The lowest BCUT2D eigenvalue weighted by molar-refractivity contribution is -0.119. The number of para-hydroxylation sites is 1. The first-order valence-electron chi connectivity index (χ1n) is 10.2. The van der Waals surface area contributed by atoms with E-state index in [2.05, 4.69) is 10.5 Å². The molecule has 0 radical (unpaired) electrons. The van der Waals surface area contributed by atoms with Crippen LogP contribution in [0, 0.1) is 6.92 Å². The molecule has 0 spiro atoms. The summed E-state index contributed by atoms with van der Waals surface area (Å²) in [7, 11) is -1.17. The highest BCUT2D eigenvalue weighted by Crippen LogP contribution is 2.28. The number of anilines is 1. The van der Waals surface area contributed by atoms with Gasteiger partial charge in [0.25, 0.3) is 15.9 Å². The Morgan fingerprint density at radius 2 is 1.71 bits per heavy atom. The number of methoxy groups -OCH3 is 2. The van der Waals surface area contributed by atoms with Crippen LogP contribution in [-0.4, -0.2) is 46.4 Å². The maximum Gasteiger partial charge on any atom is 0.264 e. The van der Waals surface area contributed by atoms with Crippen LogP contribution in [0.5, 0.6) is 17.2 Å². The Kier molecular flexibility index (Phi) is 7.75. The minimum Gasteiger partial charge on any atom is -0.504 e. The number of rotatable bonds is 9. The third kappa shape index (κ3) is 5.65. The molecule has 0 saturated carbocycles. The number of hydrogen-bond donors (Lipinski definition) is 2. The van der Waals surface area contributed by atoms with Gasteiger partial charge in [-0.25, -0.2) is 13.8 Å². The lowest BCUT2D eigenvalue weighted by atomic mass is 10.2. The van der Waals surface area contributed by atoms with Gasteiger partial charge in [0.05, 0.1) is 31.0 Å². The SMILES string of the molecule is COc1ccc(S(=O)(=O)N(CC(=O)N/N=C\c2cccc(OC)c2O)c2ccc(C)cc2)cc1. The highest BCUT2D eigenvalue weighted by Gasteiger charge is 2.27. The molecule has 178 valence electrons. The average Bonchev–Trinajstić information content (AvgIpc) is 2.84. The van der Waals surface area contributed by atoms with Crippen LogP contribution in [0.1, 0.15) is 11.1 Å². The van der Waals surface area contributed by atoms with E-state index in [1.807, 2.05) is 6.92 Å². The van der Waals surface area contributed by atoms with Gasteiger partial charge in [-0.2, -0.15) is 5.10 Å². The van der Waals surface area contributed by atoms with Crippen LogP contribution in [0.2, 0.25) is 0 Å². The van der Waals surface area contributed by atoms with Crippen molar-refractivity contribution in [1.82, 2.24) is 5.43 Å². The van der Waals surface area contributed by atoms with Gasteiger partial charge in [-0.3, -0.25) is 9.10 Å². The van der Waals surface area contributed by atoms with Gasteiger partial charge in [0.2, 0.25) is 0 Å². The Hall–Kier alpha value is -4.05. The third-order valence-corrected chi connectivity index (χ3v) is 6.69. The Labute approximate surface area is 198 Å². The first-order chi connectivity index (χ1) is 16.3. The maximum atomic E-state index is 13.4. The fourth-order valence-corrected chi connectivity index (χ4v) is 4.47. The van der Waals surface area contributed by atoms with Gasteiger partial charge in [0.15, 0.2) is 11.5 Å². The second-order valence-corrected chi connectivity index (χ2v) is 9.08. The maximum absolute atomic E-state index is 13.4. The second-order valence-electron chi connectivity index (χ2n) is 7.21.